The molecule has 5 rings (SSSR count). The maximum absolute atomic E-state index is 5.51. The first-order valence-corrected chi connectivity index (χ1v) is 11.7. The van der Waals surface area contributed by atoms with Gasteiger partial charge in [0.25, 0.3) is 0 Å². The molecule has 0 N–H and O–H groups in total. The smallest absolute Gasteiger partial charge is 0.217 e. The predicted octanol–water partition coefficient (Wildman–Crippen LogP) is 4.04. The highest BCUT2D eigenvalue weighted by Crippen LogP contribution is 2.34. The molecule has 190 valence electrons. The minimum absolute atomic E-state index is 0.331. The van der Waals surface area contributed by atoms with Crippen LogP contribution in [0.4, 0.5) is 11.4 Å². The molecule has 0 bridgehead atoms. The van der Waals surface area contributed by atoms with Gasteiger partial charge >= 0.3 is 0 Å². The summed E-state index contributed by atoms with van der Waals surface area (Å²) < 4.78 is 17.9. The van der Waals surface area contributed by atoms with E-state index in [-0.39, 0.29) is 0 Å². The van der Waals surface area contributed by atoms with Crippen molar-refractivity contribution in [3.05, 3.63) is 73.1 Å². The number of ether oxygens (including phenoxy) is 3. The van der Waals surface area contributed by atoms with Crippen LogP contribution in [0.25, 0.3) is 22.3 Å². The van der Waals surface area contributed by atoms with Gasteiger partial charge in [-0.1, -0.05) is 5.92 Å². The van der Waals surface area contributed by atoms with Gasteiger partial charge in [-0.05, 0) is 24.1 Å². The van der Waals surface area contributed by atoms with Crippen molar-refractivity contribution in [2.24, 2.45) is 7.05 Å². The topological polar surface area (TPSA) is 100 Å². The zero-order chi connectivity index (χ0) is 26.5. The lowest BCUT2D eigenvalue weighted by Crippen LogP contribution is -2.17. The lowest BCUT2D eigenvalue weighted by Gasteiger charge is -2.24. The number of rotatable bonds is 7. The summed E-state index contributed by atoms with van der Waals surface area (Å²) in [6.45, 7) is 0.331. The van der Waals surface area contributed by atoms with Gasteiger partial charge in [0.05, 0.1) is 57.0 Å². The molecule has 10 heteroatoms. The Hall–Kier alpha value is -5.17. The number of aromatic nitrogens is 6. The molecule has 3 aromatic heterocycles. The number of hydrogen-bond acceptors (Lipinski definition) is 9. The average Bonchev–Trinajstić information content (AvgIpc) is 3.40. The number of aryl methyl sites for hydroxylation is 1. The van der Waals surface area contributed by atoms with Gasteiger partial charge in [0.1, 0.15) is 11.5 Å². The lowest BCUT2D eigenvalue weighted by atomic mass is 10.2. The maximum Gasteiger partial charge on any atom is 0.217 e. The monoisotopic (exact) mass is 507 g/mol. The van der Waals surface area contributed by atoms with Crippen LogP contribution in [-0.4, -0.2) is 57.6 Å². The van der Waals surface area contributed by atoms with E-state index in [0.717, 1.165) is 33.7 Å². The van der Waals surface area contributed by atoms with Crippen molar-refractivity contribution in [3.8, 4) is 40.5 Å². The Labute approximate surface area is 219 Å². The van der Waals surface area contributed by atoms with Crippen LogP contribution >= 0.6 is 0 Å². The van der Waals surface area contributed by atoms with E-state index in [4.69, 9.17) is 19.2 Å². The second-order valence-electron chi connectivity index (χ2n) is 8.21. The van der Waals surface area contributed by atoms with Gasteiger partial charge in [-0.15, -0.1) is 0 Å². The normalized spacial score (nSPS) is 10.5. The Morgan fingerprint density at radius 3 is 2.37 bits per heavy atom. The minimum Gasteiger partial charge on any atom is -0.497 e. The van der Waals surface area contributed by atoms with Crippen molar-refractivity contribution in [1.82, 2.24) is 29.7 Å². The van der Waals surface area contributed by atoms with E-state index in [9.17, 15) is 0 Å². The number of nitrogens with zero attached hydrogens (tertiary/aromatic N) is 7. The number of benzene rings is 2. The summed E-state index contributed by atoms with van der Waals surface area (Å²) in [5, 5.41) is 4.24. The lowest BCUT2D eigenvalue weighted by molar-refractivity contribution is 0.394. The fourth-order valence-electron chi connectivity index (χ4n) is 3.85. The SMILES string of the molecule is COc1cc(OC)cc(N(CC#Cc2nccc(OC)n2)c2ccc3ncc(-c4cnn(C)c4)nc3c2)c1. The van der Waals surface area contributed by atoms with Gasteiger partial charge in [-0.25, -0.2) is 9.97 Å². The summed E-state index contributed by atoms with van der Waals surface area (Å²) in [6, 6.07) is 13.3. The van der Waals surface area contributed by atoms with Crippen molar-refractivity contribution >= 4 is 22.4 Å². The van der Waals surface area contributed by atoms with E-state index in [2.05, 4.69) is 31.9 Å². The summed E-state index contributed by atoms with van der Waals surface area (Å²) >= 11 is 0. The minimum atomic E-state index is 0.331. The maximum atomic E-state index is 5.51. The first-order valence-electron chi connectivity index (χ1n) is 11.7. The van der Waals surface area contributed by atoms with Crippen LogP contribution < -0.4 is 19.1 Å². The molecule has 10 nitrogen and oxygen atoms in total. The number of methoxy groups -OCH3 is 3. The van der Waals surface area contributed by atoms with E-state index in [1.54, 1.807) is 50.7 Å². The Kier molecular flexibility index (Phi) is 6.99. The molecular weight excluding hydrogens is 482 g/mol. The summed E-state index contributed by atoms with van der Waals surface area (Å²) in [6.07, 6.45) is 7.04. The van der Waals surface area contributed by atoms with Gasteiger partial charge in [0.15, 0.2) is 0 Å². The first kappa shape index (κ1) is 24.5. The van der Waals surface area contributed by atoms with Gasteiger partial charge in [0, 0.05) is 60.6 Å². The first-order chi connectivity index (χ1) is 18.6. The van der Waals surface area contributed by atoms with E-state index < -0.39 is 0 Å². The number of fused-ring (bicyclic) bond motifs is 1. The molecule has 0 aliphatic carbocycles. The molecule has 38 heavy (non-hydrogen) atoms. The van der Waals surface area contributed by atoms with Gasteiger partial charge < -0.3 is 19.1 Å². The fourth-order valence-corrected chi connectivity index (χ4v) is 3.85. The van der Waals surface area contributed by atoms with Crippen LogP contribution in [0.1, 0.15) is 5.82 Å². The molecule has 0 atom stereocenters. The molecule has 0 unspecified atom stereocenters. The van der Waals surface area contributed by atoms with E-state index >= 15 is 0 Å². The van der Waals surface area contributed by atoms with Crippen molar-refractivity contribution < 1.29 is 14.2 Å². The number of anilines is 2. The van der Waals surface area contributed by atoms with Crippen LogP contribution in [-0.2, 0) is 7.05 Å². The van der Waals surface area contributed by atoms with Crippen LogP contribution in [0.15, 0.2) is 67.3 Å². The molecule has 0 fully saturated rings. The Morgan fingerprint density at radius 1 is 0.842 bits per heavy atom. The molecule has 0 saturated carbocycles. The summed E-state index contributed by atoms with van der Waals surface area (Å²) in [7, 11) is 6.66. The van der Waals surface area contributed by atoms with Crippen LogP contribution in [0.2, 0.25) is 0 Å². The van der Waals surface area contributed by atoms with E-state index in [0.29, 0.717) is 29.7 Å². The second kappa shape index (κ2) is 10.8. The predicted molar refractivity (Wildman–Crippen MR) is 144 cm³/mol. The Morgan fingerprint density at radius 2 is 1.66 bits per heavy atom. The molecule has 5 aromatic rings. The molecule has 2 aromatic carbocycles. The molecule has 0 aliphatic heterocycles. The van der Waals surface area contributed by atoms with Gasteiger partial charge in [-0.2, -0.15) is 10.1 Å². The van der Waals surface area contributed by atoms with Crippen molar-refractivity contribution in [3.63, 3.8) is 0 Å². The highest BCUT2D eigenvalue weighted by Gasteiger charge is 2.14. The Balaban J connectivity index is 1.57. The van der Waals surface area contributed by atoms with E-state index in [1.165, 1.54) is 0 Å². The quantitative estimate of drug-likeness (QED) is 0.302. The second-order valence-corrected chi connectivity index (χ2v) is 8.21. The van der Waals surface area contributed by atoms with Crippen molar-refractivity contribution in [1.29, 1.82) is 0 Å². The van der Waals surface area contributed by atoms with Crippen molar-refractivity contribution in [2.75, 3.05) is 32.8 Å². The molecule has 0 radical (unpaired) electrons. The van der Waals surface area contributed by atoms with Gasteiger partial charge in [-0.3, -0.25) is 9.67 Å². The summed E-state index contributed by atoms with van der Waals surface area (Å²) in [5.41, 5.74) is 4.86. The molecule has 3 heterocycles. The summed E-state index contributed by atoms with van der Waals surface area (Å²) in [5.74, 6) is 8.35. The molecule has 0 aliphatic rings. The zero-order valence-corrected chi connectivity index (χ0v) is 21.4. The molecule has 0 saturated heterocycles. The zero-order valence-electron chi connectivity index (χ0n) is 21.4. The fraction of sp³-hybridized carbons (Fsp3) is 0.179. The third-order valence-electron chi connectivity index (χ3n) is 5.76. The van der Waals surface area contributed by atoms with Crippen molar-refractivity contribution in [2.45, 2.75) is 0 Å². The highest BCUT2D eigenvalue weighted by molar-refractivity contribution is 5.83. The van der Waals surface area contributed by atoms with Crippen LogP contribution in [0, 0.1) is 11.8 Å². The third kappa shape index (κ3) is 5.32. The standard InChI is InChI=1S/C28H25N7O3/c1-34-18-19(16-31-34)26-17-30-24-8-7-20(14-25(24)32-26)35(21-12-22(36-2)15-23(13-21)37-3)11-5-6-27-29-10-9-28(33-27)38-4/h7-10,12-18H,11H2,1-4H3. The van der Waals surface area contributed by atoms with Crippen LogP contribution in [0.3, 0.4) is 0 Å². The Bertz CT molecular complexity index is 1630. The average molecular weight is 508 g/mol. The molecule has 0 spiro atoms. The van der Waals surface area contributed by atoms with Gasteiger partial charge in [0.2, 0.25) is 11.7 Å². The highest BCUT2D eigenvalue weighted by atomic mass is 16.5. The van der Waals surface area contributed by atoms with E-state index in [1.807, 2.05) is 54.5 Å². The van der Waals surface area contributed by atoms with Crippen LogP contribution in [0.5, 0.6) is 17.4 Å². The summed E-state index contributed by atoms with van der Waals surface area (Å²) in [4.78, 5) is 20.0. The molecular formula is C28H25N7O3. The third-order valence-corrected chi connectivity index (χ3v) is 5.76. The largest absolute Gasteiger partial charge is 0.497 e. The number of hydrogen-bond donors (Lipinski definition) is 0. The molecule has 0 amide bonds.